The highest BCUT2D eigenvalue weighted by Gasteiger charge is 2.29. The van der Waals surface area contributed by atoms with Gasteiger partial charge in [0.05, 0.1) is 14.2 Å². The Balaban J connectivity index is 2.35. The molecule has 1 heterocycles. The fraction of sp³-hybridized carbons (Fsp3) is 0.600. The number of ether oxygens (including phenoxy) is 2. The Hall–Kier alpha value is -0.830. The molecule has 8 heteroatoms. The lowest BCUT2D eigenvalue weighted by Crippen LogP contribution is -2.35. The van der Waals surface area contributed by atoms with E-state index >= 15 is 0 Å². The van der Waals surface area contributed by atoms with Crippen LogP contribution < -0.4 is 9.47 Å². The van der Waals surface area contributed by atoms with Crippen molar-refractivity contribution in [3.8, 4) is 11.5 Å². The number of methoxy groups -OCH3 is 2. The number of halogens is 1. The maximum atomic E-state index is 13.0. The number of likely N-dealkylation sites (N-methyl/N-ethyl adjacent to an activating group) is 1. The third-order valence-electron chi connectivity index (χ3n) is 4.05. The molecule has 0 aliphatic carbocycles. The molecule has 2 rings (SSSR count). The molecule has 130 valence electrons. The van der Waals surface area contributed by atoms with Crippen LogP contribution in [-0.2, 0) is 10.0 Å². The highest BCUT2D eigenvalue weighted by Crippen LogP contribution is 2.36. The van der Waals surface area contributed by atoms with Crippen LogP contribution >= 0.6 is 15.9 Å². The van der Waals surface area contributed by atoms with E-state index in [9.17, 15) is 8.42 Å². The summed E-state index contributed by atoms with van der Waals surface area (Å²) in [5.74, 6) is 0.894. The van der Waals surface area contributed by atoms with E-state index in [1.807, 2.05) is 0 Å². The summed E-state index contributed by atoms with van der Waals surface area (Å²) in [6.45, 7) is 5.73. The maximum Gasteiger partial charge on any atom is 0.244 e. The zero-order chi connectivity index (χ0) is 17.0. The van der Waals surface area contributed by atoms with E-state index < -0.39 is 10.0 Å². The lowest BCUT2D eigenvalue weighted by molar-refractivity contribution is 0.301. The molecule has 1 aromatic carbocycles. The fourth-order valence-corrected chi connectivity index (χ4v) is 5.14. The fourth-order valence-electron chi connectivity index (χ4n) is 2.68. The molecule has 0 unspecified atom stereocenters. The first-order chi connectivity index (χ1) is 10.9. The molecule has 23 heavy (non-hydrogen) atoms. The van der Waals surface area contributed by atoms with Crippen LogP contribution in [0, 0.1) is 0 Å². The minimum Gasteiger partial charge on any atom is -0.493 e. The summed E-state index contributed by atoms with van der Waals surface area (Å²) in [7, 11) is -0.567. The Morgan fingerprint density at radius 2 is 1.74 bits per heavy atom. The molecule has 0 N–H and O–H groups in total. The van der Waals surface area contributed by atoms with E-state index in [4.69, 9.17) is 9.47 Å². The van der Waals surface area contributed by atoms with E-state index in [1.54, 1.807) is 10.4 Å². The van der Waals surface area contributed by atoms with Crippen LogP contribution in [-0.4, -0.2) is 64.6 Å². The van der Waals surface area contributed by atoms with E-state index in [0.29, 0.717) is 29.1 Å². The molecule has 0 saturated carbocycles. The van der Waals surface area contributed by atoms with Crippen LogP contribution in [0.3, 0.4) is 0 Å². The first-order valence-corrected chi connectivity index (χ1v) is 9.81. The third-order valence-corrected chi connectivity index (χ3v) is 6.91. The first kappa shape index (κ1) is 18.5. The molecule has 1 aliphatic rings. The molecular formula is C15H23BrN2O4S. The number of sulfonamides is 1. The summed E-state index contributed by atoms with van der Waals surface area (Å²) < 4.78 is 38.5. The van der Waals surface area contributed by atoms with Crippen molar-refractivity contribution in [2.75, 3.05) is 46.9 Å². The molecular weight excluding hydrogens is 384 g/mol. The number of hydrogen-bond acceptors (Lipinski definition) is 5. The van der Waals surface area contributed by atoms with Gasteiger partial charge in [-0.25, -0.2) is 8.42 Å². The van der Waals surface area contributed by atoms with Gasteiger partial charge >= 0.3 is 0 Å². The lowest BCUT2D eigenvalue weighted by Gasteiger charge is -2.22. The predicted octanol–water partition coefficient (Wildman–Crippen LogP) is 2.18. The van der Waals surface area contributed by atoms with E-state index in [2.05, 4.69) is 27.8 Å². The highest BCUT2D eigenvalue weighted by atomic mass is 79.9. The van der Waals surface area contributed by atoms with Gasteiger partial charge in [-0.2, -0.15) is 4.31 Å². The first-order valence-electron chi connectivity index (χ1n) is 7.58. The van der Waals surface area contributed by atoms with Gasteiger partial charge in [-0.1, -0.05) is 6.92 Å². The van der Waals surface area contributed by atoms with Crippen LogP contribution in [0.25, 0.3) is 0 Å². The molecule has 1 fully saturated rings. The number of hydrogen-bond donors (Lipinski definition) is 0. The molecule has 0 spiro atoms. The van der Waals surface area contributed by atoms with Gasteiger partial charge in [-0.3, -0.25) is 0 Å². The Labute approximate surface area is 146 Å². The predicted molar refractivity (Wildman–Crippen MR) is 92.7 cm³/mol. The molecule has 6 nitrogen and oxygen atoms in total. The molecule has 1 saturated heterocycles. The van der Waals surface area contributed by atoms with Crippen molar-refractivity contribution in [2.45, 2.75) is 18.2 Å². The molecule has 1 aromatic rings. The summed E-state index contributed by atoms with van der Waals surface area (Å²) in [4.78, 5) is 2.47. The smallest absolute Gasteiger partial charge is 0.244 e. The Morgan fingerprint density at radius 1 is 1.09 bits per heavy atom. The number of nitrogens with zero attached hydrogens (tertiary/aromatic N) is 2. The second kappa shape index (κ2) is 7.83. The third kappa shape index (κ3) is 3.99. The average Bonchev–Trinajstić information content (AvgIpc) is 2.80. The largest absolute Gasteiger partial charge is 0.493 e. The van der Waals surface area contributed by atoms with Crippen LogP contribution in [0.4, 0.5) is 0 Å². The van der Waals surface area contributed by atoms with Crippen molar-refractivity contribution in [2.24, 2.45) is 0 Å². The van der Waals surface area contributed by atoms with Gasteiger partial charge in [0.15, 0.2) is 11.5 Å². The zero-order valence-corrected chi connectivity index (χ0v) is 16.1. The van der Waals surface area contributed by atoms with Crippen LogP contribution in [0.15, 0.2) is 21.5 Å². The quantitative estimate of drug-likeness (QED) is 0.749. The Bertz CT molecular complexity index is 651. The monoisotopic (exact) mass is 406 g/mol. The average molecular weight is 407 g/mol. The van der Waals surface area contributed by atoms with Gasteiger partial charge in [0.2, 0.25) is 10.0 Å². The van der Waals surface area contributed by atoms with Gasteiger partial charge in [-0.05, 0) is 41.5 Å². The van der Waals surface area contributed by atoms with Crippen molar-refractivity contribution in [1.29, 1.82) is 0 Å². The van der Waals surface area contributed by atoms with Crippen LogP contribution in [0.2, 0.25) is 0 Å². The second-order valence-corrected chi connectivity index (χ2v) is 8.09. The molecule has 0 bridgehead atoms. The zero-order valence-electron chi connectivity index (χ0n) is 13.7. The second-order valence-electron chi connectivity index (χ2n) is 5.33. The van der Waals surface area contributed by atoms with E-state index in [1.165, 1.54) is 20.3 Å². The van der Waals surface area contributed by atoms with E-state index in [0.717, 1.165) is 26.1 Å². The molecule has 0 aromatic heterocycles. The van der Waals surface area contributed by atoms with Gasteiger partial charge < -0.3 is 14.4 Å². The Morgan fingerprint density at radius 3 is 2.35 bits per heavy atom. The van der Waals surface area contributed by atoms with Gasteiger partial charge in [-0.15, -0.1) is 0 Å². The summed E-state index contributed by atoms with van der Waals surface area (Å²) in [6.07, 6.45) is 0.831. The van der Waals surface area contributed by atoms with Gasteiger partial charge in [0, 0.05) is 30.2 Å². The van der Waals surface area contributed by atoms with Crippen LogP contribution in [0.5, 0.6) is 11.5 Å². The Kier molecular flexibility index (Phi) is 6.30. The summed E-state index contributed by atoms with van der Waals surface area (Å²) in [5.41, 5.74) is 0. The molecule has 0 radical (unpaired) electrons. The van der Waals surface area contributed by atoms with Gasteiger partial charge in [0.1, 0.15) is 4.90 Å². The van der Waals surface area contributed by atoms with Crippen molar-refractivity contribution < 1.29 is 17.9 Å². The molecule has 0 atom stereocenters. The summed E-state index contributed by atoms with van der Waals surface area (Å²) >= 11 is 3.35. The lowest BCUT2D eigenvalue weighted by atomic mass is 10.3. The number of rotatable bonds is 5. The maximum absolute atomic E-state index is 13.0. The van der Waals surface area contributed by atoms with Crippen molar-refractivity contribution >= 4 is 26.0 Å². The highest BCUT2D eigenvalue weighted by molar-refractivity contribution is 9.10. The topological polar surface area (TPSA) is 59.1 Å². The minimum atomic E-state index is -3.58. The van der Waals surface area contributed by atoms with E-state index in [-0.39, 0.29) is 4.90 Å². The standard InChI is InChI=1S/C15H23BrN2O4S/c1-4-17-6-5-7-18(9-8-17)23(19,20)15-11-14(22-3)13(21-2)10-12(15)16/h10-11H,4-9H2,1-3H3. The van der Waals surface area contributed by atoms with Crippen molar-refractivity contribution in [3.05, 3.63) is 16.6 Å². The summed E-state index contributed by atoms with van der Waals surface area (Å²) in [6, 6.07) is 3.14. The van der Waals surface area contributed by atoms with Gasteiger partial charge in [0.25, 0.3) is 0 Å². The normalized spacial score (nSPS) is 17.7. The molecule has 1 aliphatic heterocycles. The number of benzene rings is 1. The minimum absolute atomic E-state index is 0.208. The van der Waals surface area contributed by atoms with Crippen molar-refractivity contribution in [1.82, 2.24) is 9.21 Å². The SMILES string of the molecule is CCN1CCCN(S(=O)(=O)c2cc(OC)c(OC)cc2Br)CC1. The molecule has 0 amide bonds. The van der Waals surface area contributed by atoms with Crippen molar-refractivity contribution in [3.63, 3.8) is 0 Å². The summed E-state index contributed by atoms with van der Waals surface area (Å²) in [5, 5.41) is 0. The van der Waals surface area contributed by atoms with Crippen LogP contribution in [0.1, 0.15) is 13.3 Å².